The first-order valence-electron chi connectivity index (χ1n) is 6.45. The van der Waals surface area contributed by atoms with Crippen LogP contribution in [0.2, 0.25) is 0 Å². The highest BCUT2D eigenvalue weighted by molar-refractivity contribution is 5.84. The average Bonchev–Trinajstić information content (AvgIpc) is 2.87. The molecule has 2 unspecified atom stereocenters. The van der Waals surface area contributed by atoms with Crippen LogP contribution < -0.4 is 5.32 Å². The van der Waals surface area contributed by atoms with Gasteiger partial charge in [-0.1, -0.05) is 6.92 Å². The number of carbonyl (C=O) groups excluding carboxylic acids is 1. The van der Waals surface area contributed by atoms with Crippen LogP contribution in [0, 0.1) is 12.8 Å². The molecule has 1 aromatic rings. The lowest BCUT2D eigenvalue weighted by Gasteiger charge is -2.16. The standard InChI is InChI=1S/C13H21N3O2/c1-4-14-12-8-18-7-11(12)13(17)6-10-5-9(2)15-16(10)3/h5,11-12,14H,4,6-8H2,1-3H3. The number of aromatic nitrogens is 2. The second kappa shape index (κ2) is 5.63. The van der Waals surface area contributed by atoms with E-state index in [9.17, 15) is 4.79 Å². The summed E-state index contributed by atoms with van der Waals surface area (Å²) in [6.45, 7) is 6.02. The van der Waals surface area contributed by atoms with Gasteiger partial charge in [-0.3, -0.25) is 9.48 Å². The Kier molecular flexibility index (Phi) is 4.14. The van der Waals surface area contributed by atoms with E-state index in [1.807, 2.05) is 27.0 Å². The molecule has 18 heavy (non-hydrogen) atoms. The van der Waals surface area contributed by atoms with E-state index in [2.05, 4.69) is 10.4 Å². The van der Waals surface area contributed by atoms with Crippen molar-refractivity contribution < 1.29 is 9.53 Å². The fourth-order valence-corrected chi connectivity index (χ4v) is 2.47. The lowest BCUT2D eigenvalue weighted by atomic mass is 9.95. The first-order chi connectivity index (χ1) is 8.61. The summed E-state index contributed by atoms with van der Waals surface area (Å²) >= 11 is 0. The van der Waals surface area contributed by atoms with Gasteiger partial charge in [0.1, 0.15) is 5.78 Å². The number of ether oxygens (including phenoxy) is 1. The molecule has 1 aromatic heterocycles. The number of Topliss-reactive ketones (excluding diaryl/α,β-unsaturated/α-hetero) is 1. The predicted octanol–water partition coefficient (Wildman–Crippen LogP) is 0.465. The first-order valence-corrected chi connectivity index (χ1v) is 6.45. The average molecular weight is 251 g/mol. The molecule has 1 aliphatic heterocycles. The lowest BCUT2D eigenvalue weighted by Crippen LogP contribution is -2.39. The summed E-state index contributed by atoms with van der Waals surface area (Å²) in [6.07, 6.45) is 0.438. The van der Waals surface area contributed by atoms with E-state index in [0.717, 1.165) is 17.9 Å². The molecular weight excluding hydrogens is 230 g/mol. The van der Waals surface area contributed by atoms with E-state index in [1.165, 1.54) is 0 Å². The molecule has 2 heterocycles. The van der Waals surface area contributed by atoms with Gasteiger partial charge in [-0.25, -0.2) is 0 Å². The molecule has 1 saturated heterocycles. The summed E-state index contributed by atoms with van der Waals surface area (Å²) in [5, 5.41) is 7.58. The van der Waals surface area contributed by atoms with Crippen molar-refractivity contribution in [3.8, 4) is 0 Å². The molecule has 0 bridgehead atoms. The molecule has 5 heteroatoms. The fourth-order valence-electron chi connectivity index (χ4n) is 2.47. The zero-order chi connectivity index (χ0) is 13.1. The Morgan fingerprint density at radius 3 is 3.00 bits per heavy atom. The second-order valence-electron chi connectivity index (χ2n) is 4.85. The molecular formula is C13H21N3O2. The van der Waals surface area contributed by atoms with Crippen molar-refractivity contribution in [3.05, 3.63) is 17.5 Å². The molecule has 5 nitrogen and oxygen atoms in total. The minimum atomic E-state index is -0.0276. The highest BCUT2D eigenvalue weighted by Gasteiger charge is 2.33. The van der Waals surface area contributed by atoms with Crippen molar-refractivity contribution in [1.82, 2.24) is 15.1 Å². The predicted molar refractivity (Wildman–Crippen MR) is 68.4 cm³/mol. The smallest absolute Gasteiger partial charge is 0.145 e. The normalized spacial score (nSPS) is 23.5. The molecule has 1 N–H and O–H groups in total. The molecule has 1 aliphatic rings. The number of likely N-dealkylation sites (N-methyl/N-ethyl adjacent to an activating group) is 1. The SMILES string of the molecule is CCNC1COCC1C(=O)Cc1cc(C)nn1C. The van der Waals surface area contributed by atoms with Crippen molar-refractivity contribution in [2.45, 2.75) is 26.3 Å². The molecule has 100 valence electrons. The molecule has 0 amide bonds. The maximum atomic E-state index is 12.3. The van der Waals surface area contributed by atoms with Crippen molar-refractivity contribution >= 4 is 5.78 Å². The third kappa shape index (κ3) is 2.79. The Balaban J connectivity index is 2.01. The van der Waals surface area contributed by atoms with Crippen LogP contribution in [0.5, 0.6) is 0 Å². The molecule has 1 fully saturated rings. The summed E-state index contributed by atoms with van der Waals surface area (Å²) < 4.78 is 7.19. The van der Waals surface area contributed by atoms with Gasteiger partial charge in [-0.15, -0.1) is 0 Å². The third-order valence-electron chi connectivity index (χ3n) is 3.41. The van der Waals surface area contributed by atoms with Crippen LogP contribution in [0.3, 0.4) is 0 Å². The van der Waals surface area contributed by atoms with Gasteiger partial charge in [0.2, 0.25) is 0 Å². The van der Waals surface area contributed by atoms with Gasteiger partial charge in [-0.2, -0.15) is 5.10 Å². The number of rotatable bonds is 5. The monoisotopic (exact) mass is 251 g/mol. The molecule has 0 radical (unpaired) electrons. The van der Waals surface area contributed by atoms with E-state index in [-0.39, 0.29) is 17.7 Å². The van der Waals surface area contributed by atoms with Crippen LogP contribution in [0.25, 0.3) is 0 Å². The van der Waals surface area contributed by atoms with E-state index < -0.39 is 0 Å². The van der Waals surface area contributed by atoms with Crippen molar-refractivity contribution in [2.24, 2.45) is 13.0 Å². The molecule has 0 aliphatic carbocycles. The Morgan fingerprint density at radius 1 is 1.61 bits per heavy atom. The van der Waals surface area contributed by atoms with Crippen molar-refractivity contribution in [1.29, 1.82) is 0 Å². The van der Waals surface area contributed by atoms with E-state index in [0.29, 0.717) is 19.6 Å². The van der Waals surface area contributed by atoms with Crippen LogP contribution in [0.4, 0.5) is 0 Å². The number of carbonyl (C=O) groups is 1. The zero-order valence-corrected chi connectivity index (χ0v) is 11.3. The molecule has 0 aromatic carbocycles. The molecule has 0 saturated carbocycles. The van der Waals surface area contributed by atoms with E-state index >= 15 is 0 Å². The minimum Gasteiger partial charge on any atom is -0.379 e. The highest BCUT2D eigenvalue weighted by Crippen LogP contribution is 2.17. The number of hydrogen-bond donors (Lipinski definition) is 1. The van der Waals surface area contributed by atoms with Gasteiger partial charge in [-0.05, 0) is 19.5 Å². The van der Waals surface area contributed by atoms with Crippen LogP contribution in [-0.2, 0) is 23.0 Å². The highest BCUT2D eigenvalue weighted by atomic mass is 16.5. The van der Waals surface area contributed by atoms with Crippen LogP contribution >= 0.6 is 0 Å². The third-order valence-corrected chi connectivity index (χ3v) is 3.41. The first kappa shape index (κ1) is 13.2. The van der Waals surface area contributed by atoms with Crippen molar-refractivity contribution in [2.75, 3.05) is 19.8 Å². The molecule has 0 spiro atoms. The molecule has 2 atom stereocenters. The zero-order valence-electron chi connectivity index (χ0n) is 11.3. The summed E-state index contributed by atoms with van der Waals surface area (Å²) in [6, 6.07) is 2.13. The summed E-state index contributed by atoms with van der Waals surface area (Å²) in [7, 11) is 1.88. The van der Waals surface area contributed by atoms with Gasteiger partial charge in [0, 0.05) is 25.2 Å². The summed E-state index contributed by atoms with van der Waals surface area (Å²) in [5.41, 5.74) is 1.92. The minimum absolute atomic E-state index is 0.0276. The number of hydrogen-bond acceptors (Lipinski definition) is 4. The van der Waals surface area contributed by atoms with Gasteiger partial charge < -0.3 is 10.1 Å². The fraction of sp³-hybridized carbons (Fsp3) is 0.692. The summed E-state index contributed by atoms with van der Waals surface area (Å²) in [5.74, 6) is 0.210. The number of ketones is 1. The van der Waals surface area contributed by atoms with Crippen LogP contribution in [0.1, 0.15) is 18.3 Å². The van der Waals surface area contributed by atoms with E-state index in [4.69, 9.17) is 4.74 Å². The topological polar surface area (TPSA) is 56.1 Å². The van der Waals surface area contributed by atoms with Gasteiger partial charge in [0.05, 0.1) is 24.8 Å². The second-order valence-corrected chi connectivity index (χ2v) is 4.85. The molecule has 2 rings (SSSR count). The van der Waals surface area contributed by atoms with Crippen LogP contribution in [0.15, 0.2) is 6.07 Å². The van der Waals surface area contributed by atoms with Gasteiger partial charge in [0.15, 0.2) is 0 Å². The lowest BCUT2D eigenvalue weighted by molar-refractivity contribution is -0.122. The Bertz CT molecular complexity index is 428. The Morgan fingerprint density at radius 2 is 2.39 bits per heavy atom. The number of aryl methyl sites for hydroxylation is 2. The Hall–Kier alpha value is -1.20. The number of nitrogens with zero attached hydrogens (tertiary/aromatic N) is 2. The van der Waals surface area contributed by atoms with Gasteiger partial charge in [0.25, 0.3) is 0 Å². The summed E-state index contributed by atoms with van der Waals surface area (Å²) in [4.78, 5) is 12.3. The van der Waals surface area contributed by atoms with Crippen LogP contribution in [-0.4, -0.2) is 41.4 Å². The maximum absolute atomic E-state index is 12.3. The Labute approximate surface area is 108 Å². The van der Waals surface area contributed by atoms with Crippen molar-refractivity contribution in [3.63, 3.8) is 0 Å². The quantitative estimate of drug-likeness (QED) is 0.826. The van der Waals surface area contributed by atoms with E-state index in [1.54, 1.807) is 4.68 Å². The number of nitrogens with one attached hydrogen (secondary N) is 1. The van der Waals surface area contributed by atoms with Gasteiger partial charge >= 0.3 is 0 Å². The maximum Gasteiger partial charge on any atom is 0.145 e. The largest absolute Gasteiger partial charge is 0.379 e.